The molecule has 3 rings (SSSR count). The van der Waals surface area contributed by atoms with Crippen LogP contribution in [0, 0.1) is 20.8 Å². The molecule has 21 heavy (non-hydrogen) atoms. The standard InChI is InChI=1S/C16H14ClN3S/c1-9-4-5-12(18-8-9)13-6-7-14(21-13)15-10(2)11(3)16(17)20-19-15/h4-8H,1-3H3. The number of hydrogen-bond donors (Lipinski definition) is 0. The van der Waals surface area contributed by atoms with Gasteiger partial charge < -0.3 is 0 Å². The molecule has 0 unspecified atom stereocenters. The molecule has 0 aliphatic heterocycles. The van der Waals surface area contributed by atoms with Gasteiger partial charge in [0.25, 0.3) is 0 Å². The van der Waals surface area contributed by atoms with Crippen molar-refractivity contribution in [2.24, 2.45) is 0 Å². The van der Waals surface area contributed by atoms with Crippen LogP contribution in [0.1, 0.15) is 16.7 Å². The highest BCUT2D eigenvalue weighted by atomic mass is 35.5. The molecule has 0 fully saturated rings. The Kier molecular flexibility index (Phi) is 3.74. The predicted molar refractivity (Wildman–Crippen MR) is 87.8 cm³/mol. The van der Waals surface area contributed by atoms with E-state index in [-0.39, 0.29) is 0 Å². The number of halogens is 1. The van der Waals surface area contributed by atoms with E-state index in [4.69, 9.17) is 11.6 Å². The highest BCUT2D eigenvalue weighted by molar-refractivity contribution is 7.18. The van der Waals surface area contributed by atoms with Crippen molar-refractivity contribution in [3.8, 4) is 21.1 Å². The van der Waals surface area contributed by atoms with Gasteiger partial charge in [-0.1, -0.05) is 17.7 Å². The Balaban J connectivity index is 2.03. The molecule has 0 spiro atoms. The molecule has 3 aromatic rings. The summed E-state index contributed by atoms with van der Waals surface area (Å²) >= 11 is 7.67. The summed E-state index contributed by atoms with van der Waals surface area (Å²) < 4.78 is 0. The zero-order chi connectivity index (χ0) is 15.0. The SMILES string of the molecule is Cc1ccc(-c2ccc(-c3nnc(Cl)c(C)c3C)s2)nc1. The van der Waals surface area contributed by atoms with Gasteiger partial charge in [0.15, 0.2) is 5.15 Å². The Morgan fingerprint density at radius 3 is 2.38 bits per heavy atom. The molecule has 0 radical (unpaired) electrons. The maximum absolute atomic E-state index is 6.01. The van der Waals surface area contributed by atoms with Gasteiger partial charge in [-0.2, -0.15) is 0 Å². The first-order valence-electron chi connectivity index (χ1n) is 6.59. The number of hydrogen-bond acceptors (Lipinski definition) is 4. The highest BCUT2D eigenvalue weighted by Gasteiger charge is 2.13. The average molecular weight is 316 g/mol. The Labute approximate surface area is 132 Å². The third kappa shape index (κ3) is 2.69. The van der Waals surface area contributed by atoms with Crippen molar-refractivity contribution in [1.29, 1.82) is 0 Å². The second-order valence-corrected chi connectivity index (χ2v) is 6.42. The molecular weight excluding hydrogens is 302 g/mol. The Morgan fingerprint density at radius 2 is 1.67 bits per heavy atom. The number of aromatic nitrogens is 3. The Hall–Kier alpha value is -1.78. The van der Waals surface area contributed by atoms with Crippen LogP contribution in [0.15, 0.2) is 30.5 Å². The monoisotopic (exact) mass is 315 g/mol. The first-order chi connectivity index (χ1) is 10.1. The Morgan fingerprint density at radius 1 is 0.905 bits per heavy atom. The lowest BCUT2D eigenvalue weighted by Crippen LogP contribution is -1.95. The lowest BCUT2D eigenvalue weighted by molar-refractivity contribution is 1.01. The van der Waals surface area contributed by atoms with Crippen LogP contribution < -0.4 is 0 Å². The molecule has 106 valence electrons. The van der Waals surface area contributed by atoms with Gasteiger partial charge in [0.2, 0.25) is 0 Å². The summed E-state index contributed by atoms with van der Waals surface area (Å²) in [5, 5.41) is 8.72. The van der Waals surface area contributed by atoms with Crippen molar-refractivity contribution in [1.82, 2.24) is 15.2 Å². The van der Waals surface area contributed by atoms with Crippen molar-refractivity contribution in [2.75, 3.05) is 0 Å². The number of thiophene rings is 1. The maximum Gasteiger partial charge on any atom is 0.154 e. The molecule has 0 aliphatic carbocycles. The van der Waals surface area contributed by atoms with Gasteiger partial charge in [0, 0.05) is 6.20 Å². The molecule has 3 aromatic heterocycles. The summed E-state index contributed by atoms with van der Waals surface area (Å²) in [5.74, 6) is 0. The molecule has 0 saturated carbocycles. The van der Waals surface area contributed by atoms with Gasteiger partial charge in [0.1, 0.15) is 5.69 Å². The highest BCUT2D eigenvalue weighted by Crippen LogP contribution is 2.35. The lowest BCUT2D eigenvalue weighted by Gasteiger charge is -2.05. The van der Waals surface area contributed by atoms with Crippen molar-refractivity contribution in [3.05, 3.63) is 52.3 Å². The average Bonchev–Trinajstić information content (AvgIpc) is 2.95. The van der Waals surface area contributed by atoms with Crippen LogP contribution in [0.4, 0.5) is 0 Å². The fourth-order valence-corrected chi connectivity index (χ4v) is 3.23. The van der Waals surface area contributed by atoms with E-state index in [1.54, 1.807) is 11.3 Å². The lowest BCUT2D eigenvalue weighted by atomic mass is 10.1. The van der Waals surface area contributed by atoms with Gasteiger partial charge >= 0.3 is 0 Å². The van der Waals surface area contributed by atoms with E-state index in [2.05, 4.69) is 33.4 Å². The summed E-state index contributed by atoms with van der Waals surface area (Å²) in [6.45, 7) is 6.02. The summed E-state index contributed by atoms with van der Waals surface area (Å²) in [5.41, 5.74) is 5.07. The molecular formula is C16H14ClN3S. The molecule has 0 N–H and O–H groups in total. The smallest absolute Gasteiger partial charge is 0.154 e. The summed E-state index contributed by atoms with van der Waals surface area (Å²) in [6.07, 6.45) is 1.88. The minimum Gasteiger partial charge on any atom is -0.255 e. The second-order valence-electron chi connectivity index (χ2n) is 4.97. The van der Waals surface area contributed by atoms with Crippen LogP contribution in [-0.4, -0.2) is 15.2 Å². The number of aryl methyl sites for hydroxylation is 1. The summed E-state index contributed by atoms with van der Waals surface area (Å²) in [7, 11) is 0. The first-order valence-corrected chi connectivity index (χ1v) is 7.78. The fraction of sp³-hybridized carbons (Fsp3) is 0.188. The largest absolute Gasteiger partial charge is 0.255 e. The molecule has 0 aliphatic rings. The summed E-state index contributed by atoms with van der Waals surface area (Å²) in [4.78, 5) is 6.67. The number of rotatable bonds is 2. The van der Waals surface area contributed by atoms with Crippen LogP contribution in [0.25, 0.3) is 21.1 Å². The van der Waals surface area contributed by atoms with Crippen molar-refractivity contribution < 1.29 is 0 Å². The van der Waals surface area contributed by atoms with Gasteiger partial charge in [-0.3, -0.25) is 4.98 Å². The predicted octanol–water partition coefficient (Wildman–Crippen LogP) is 4.85. The zero-order valence-corrected chi connectivity index (χ0v) is 13.6. The third-order valence-corrected chi connectivity index (χ3v) is 4.94. The molecule has 3 heterocycles. The zero-order valence-electron chi connectivity index (χ0n) is 12.0. The third-order valence-electron chi connectivity index (χ3n) is 3.47. The van der Waals surface area contributed by atoms with Gasteiger partial charge in [0.05, 0.1) is 15.4 Å². The van der Waals surface area contributed by atoms with Crippen molar-refractivity contribution >= 4 is 22.9 Å². The van der Waals surface area contributed by atoms with E-state index >= 15 is 0 Å². The van der Waals surface area contributed by atoms with Crippen LogP contribution in [-0.2, 0) is 0 Å². The quantitative estimate of drug-likeness (QED) is 0.679. The number of pyridine rings is 1. The molecule has 0 bridgehead atoms. The van der Waals surface area contributed by atoms with Crippen molar-refractivity contribution in [2.45, 2.75) is 20.8 Å². The molecule has 5 heteroatoms. The number of nitrogens with zero attached hydrogens (tertiary/aromatic N) is 3. The first kappa shape index (κ1) is 14.2. The van der Waals surface area contributed by atoms with Crippen molar-refractivity contribution in [3.63, 3.8) is 0 Å². The van der Waals surface area contributed by atoms with Crippen LogP contribution in [0.5, 0.6) is 0 Å². The molecule has 0 saturated heterocycles. The summed E-state index contributed by atoms with van der Waals surface area (Å²) in [6, 6.07) is 8.24. The molecule has 0 amide bonds. The van der Waals surface area contributed by atoms with Crippen LogP contribution in [0.2, 0.25) is 5.15 Å². The minimum absolute atomic E-state index is 0.466. The van der Waals surface area contributed by atoms with E-state index < -0.39 is 0 Å². The normalized spacial score (nSPS) is 10.9. The Bertz CT molecular complexity index is 794. The van der Waals surface area contributed by atoms with E-state index in [0.717, 1.165) is 37.8 Å². The van der Waals surface area contributed by atoms with Gasteiger partial charge in [-0.15, -0.1) is 21.5 Å². The van der Waals surface area contributed by atoms with Gasteiger partial charge in [-0.05, 0) is 55.7 Å². The molecule has 0 atom stereocenters. The van der Waals surface area contributed by atoms with E-state index in [0.29, 0.717) is 5.15 Å². The fourth-order valence-electron chi connectivity index (χ4n) is 2.03. The maximum atomic E-state index is 6.01. The topological polar surface area (TPSA) is 38.7 Å². The van der Waals surface area contributed by atoms with E-state index in [1.165, 1.54) is 0 Å². The minimum atomic E-state index is 0.466. The van der Waals surface area contributed by atoms with Crippen LogP contribution in [0.3, 0.4) is 0 Å². The molecule has 3 nitrogen and oxygen atoms in total. The van der Waals surface area contributed by atoms with Gasteiger partial charge in [-0.25, -0.2) is 0 Å². The molecule has 0 aromatic carbocycles. The van der Waals surface area contributed by atoms with E-state index in [1.807, 2.05) is 33.0 Å². The van der Waals surface area contributed by atoms with Crippen LogP contribution >= 0.6 is 22.9 Å². The second kappa shape index (κ2) is 5.54. The van der Waals surface area contributed by atoms with E-state index in [9.17, 15) is 0 Å².